The number of carbonyl (C=O) groups is 2. The molecular formula is C19H20FNO4. The van der Waals surface area contributed by atoms with E-state index in [0.29, 0.717) is 17.9 Å². The van der Waals surface area contributed by atoms with E-state index in [9.17, 15) is 14.0 Å². The Hall–Kier alpha value is -2.89. The third-order valence-electron chi connectivity index (χ3n) is 3.56. The van der Waals surface area contributed by atoms with Crippen LogP contribution in [0.25, 0.3) is 0 Å². The van der Waals surface area contributed by atoms with Crippen LogP contribution in [-0.4, -0.2) is 25.1 Å². The van der Waals surface area contributed by atoms with Crippen molar-refractivity contribution >= 4 is 17.6 Å². The third-order valence-corrected chi connectivity index (χ3v) is 3.56. The first-order valence-electron chi connectivity index (χ1n) is 7.90. The second kappa shape index (κ2) is 8.82. The van der Waals surface area contributed by atoms with E-state index in [1.54, 1.807) is 38.3 Å². The van der Waals surface area contributed by atoms with Crippen molar-refractivity contribution in [3.05, 3.63) is 59.9 Å². The number of rotatable bonds is 7. The minimum Gasteiger partial charge on any atom is -0.497 e. The average molecular weight is 345 g/mol. The fourth-order valence-corrected chi connectivity index (χ4v) is 2.19. The molecule has 0 fully saturated rings. The van der Waals surface area contributed by atoms with Crippen LogP contribution < -0.4 is 10.1 Å². The van der Waals surface area contributed by atoms with Crippen molar-refractivity contribution in [2.45, 2.75) is 25.9 Å². The Kier molecular flexibility index (Phi) is 6.51. The normalized spacial score (nSPS) is 11.5. The van der Waals surface area contributed by atoms with E-state index in [-0.39, 0.29) is 6.42 Å². The fraction of sp³-hybridized carbons (Fsp3) is 0.263. The van der Waals surface area contributed by atoms with Gasteiger partial charge in [-0.3, -0.25) is 9.59 Å². The van der Waals surface area contributed by atoms with Gasteiger partial charge in [-0.05, 0) is 48.4 Å². The lowest BCUT2D eigenvalue weighted by Gasteiger charge is -2.16. The predicted molar refractivity (Wildman–Crippen MR) is 91.9 cm³/mol. The van der Waals surface area contributed by atoms with Crippen molar-refractivity contribution in [2.75, 3.05) is 12.4 Å². The molecule has 0 saturated carbocycles. The van der Waals surface area contributed by atoms with Crippen molar-refractivity contribution in [3.8, 4) is 5.75 Å². The highest BCUT2D eigenvalue weighted by molar-refractivity contribution is 5.95. The molecule has 1 N–H and O–H groups in total. The summed E-state index contributed by atoms with van der Waals surface area (Å²) in [5.41, 5.74) is 1.20. The van der Waals surface area contributed by atoms with Crippen LogP contribution in [0.15, 0.2) is 48.5 Å². The van der Waals surface area contributed by atoms with Crippen molar-refractivity contribution < 1.29 is 23.5 Å². The highest BCUT2D eigenvalue weighted by atomic mass is 19.1. The quantitative estimate of drug-likeness (QED) is 0.782. The number of carbonyl (C=O) groups excluding carboxylic acids is 2. The first-order chi connectivity index (χ1) is 12.0. The molecule has 0 heterocycles. The second-order valence-corrected chi connectivity index (χ2v) is 5.41. The van der Waals surface area contributed by atoms with Crippen molar-refractivity contribution in [1.82, 2.24) is 0 Å². The molecule has 1 unspecified atom stereocenters. The van der Waals surface area contributed by atoms with Crippen LogP contribution in [0.1, 0.15) is 18.9 Å². The number of hydrogen-bond acceptors (Lipinski definition) is 4. The Morgan fingerprint density at radius 1 is 1.08 bits per heavy atom. The summed E-state index contributed by atoms with van der Waals surface area (Å²) in [5, 5.41) is 2.61. The maximum absolute atomic E-state index is 12.9. The summed E-state index contributed by atoms with van der Waals surface area (Å²) < 4.78 is 23.2. The van der Waals surface area contributed by atoms with Gasteiger partial charge in [-0.2, -0.15) is 0 Å². The predicted octanol–water partition coefficient (Wildman–Crippen LogP) is 3.34. The molecule has 2 aromatic carbocycles. The largest absolute Gasteiger partial charge is 0.497 e. The molecule has 1 amide bonds. The molecule has 0 aliphatic carbocycles. The van der Waals surface area contributed by atoms with Gasteiger partial charge in [0.15, 0.2) is 6.10 Å². The Bertz CT molecular complexity index is 713. The van der Waals surface area contributed by atoms with Gasteiger partial charge in [0.1, 0.15) is 11.6 Å². The third kappa shape index (κ3) is 5.60. The molecule has 2 aromatic rings. The smallest absolute Gasteiger partial charge is 0.311 e. The monoisotopic (exact) mass is 345 g/mol. The molecule has 2 rings (SSSR count). The molecule has 0 radical (unpaired) electrons. The fourth-order valence-electron chi connectivity index (χ4n) is 2.19. The molecule has 0 spiro atoms. The number of benzene rings is 2. The van der Waals surface area contributed by atoms with Gasteiger partial charge in [-0.1, -0.05) is 19.1 Å². The van der Waals surface area contributed by atoms with Gasteiger partial charge in [0.2, 0.25) is 0 Å². The van der Waals surface area contributed by atoms with E-state index in [0.717, 1.165) is 5.56 Å². The number of esters is 1. The first-order valence-corrected chi connectivity index (χ1v) is 7.90. The molecular weight excluding hydrogens is 325 g/mol. The molecule has 0 aromatic heterocycles. The molecule has 25 heavy (non-hydrogen) atoms. The summed E-state index contributed by atoms with van der Waals surface area (Å²) in [6, 6.07) is 12.4. The van der Waals surface area contributed by atoms with Gasteiger partial charge in [-0.15, -0.1) is 0 Å². The lowest BCUT2D eigenvalue weighted by molar-refractivity contribution is -0.153. The van der Waals surface area contributed by atoms with Crippen LogP contribution in [0.3, 0.4) is 0 Å². The molecule has 6 heteroatoms. The van der Waals surface area contributed by atoms with E-state index < -0.39 is 23.8 Å². The Labute approximate surface area is 145 Å². The Balaban J connectivity index is 1.91. The topological polar surface area (TPSA) is 64.6 Å². The number of hydrogen-bond donors (Lipinski definition) is 1. The summed E-state index contributed by atoms with van der Waals surface area (Å²) in [5.74, 6) is -0.637. The maximum atomic E-state index is 12.9. The molecule has 5 nitrogen and oxygen atoms in total. The SMILES string of the molecule is CCC(OC(=O)Cc1ccc(OC)cc1)C(=O)Nc1ccc(F)cc1. The van der Waals surface area contributed by atoms with Crippen LogP contribution in [0, 0.1) is 5.82 Å². The van der Waals surface area contributed by atoms with Gasteiger partial charge >= 0.3 is 5.97 Å². The van der Waals surface area contributed by atoms with Crippen LogP contribution in [-0.2, 0) is 20.7 Å². The number of ether oxygens (including phenoxy) is 2. The number of methoxy groups -OCH3 is 1. The van der Waals surface area contributed by atoms with Gasteiger partial charge in [0.25, 0.3) is 5.91 Å². The van der Waals surface area contributed by atoms with Gasteiger partial charge in [0.05, 0.1) is 13.5 Å². The average Bonchev–Trinajstić information content (AvgIpc) is 2.62. The summed E-state index contributed by atoms with van der Waals surface area (Å²) in [6.07, 6.45) is -0.512. The summed E-state index contributed by atoms with van der Waals surface area (Å²) in [7, 11) is 1.56. The molecule has 1 atom stereocenters. The molecule has 0 aliphatic heterocycles. The van der Waals surface area contributed by atoms with Crippen molar-refractivity contribution in [3.63, 3.8) is 0 Å². The van der Waals surface area contributed by atoms with Gasteiger partial charge in [0, 0.05) is 5.69 Å². The van der Waals surface area contributed by atoms with Crippen LogP contribution in [0.5, 0.6) is 5.75 Å². The van der Waals surface area contributed by atoms with E-state index in [1.807, 2.05) is 0 Å². The van der Waals surface area contributed by atoms with Crippen molar-refractivity contribution in [1.29, 1.82) is 0 Å². The highest BCUT2D eigenvalue weighted by Crippen LogP contribution is 2.14. The van der Waals surface area contributed by atoms with E-state index >= 15 is 0 Å². The zero-order valence-corrected chi connectivity index (χ0v) is 14.1. The molecule has 0 aliphatic rings. The summed E-state index contributed by atoms with van der Waals surface area (Å²) >= 11 is 0. The van der Waals surface area contributed by atoms with Crippen LogP contribution in [0.2, 0.25) is 0 Å². The number of anilines is 1. The standard InChI is InChI=1S/C19H20FNO4/c1-3-17(19(23)21-15-8-6-14(20)7-9-15)25-18(22)12-13-4-10-16(24-2)11-5-13/h4-11,17H,3,12H2,1-2H3,(H,21,23). The Morgan fingerprint density at radius 2 is 1.72 bits per heavy atom. The lowest BCUT2D eigenvalue weighted by Crippen LogP contribution is -2.32. The molecule has 0 saturated heterocycles. The second-order valence-electron chi connectivity index (χ2n) is 5.41. The number of halogens is 1. The van der Waals surface area contributed by atoms with E-state index in [1.165, 1.54) is 24.3 Å². The van der Waals surface area contributed by atoms with Crippen molar-refractivity contribution in [2.24, 2.45) is 0 Å². The first kappa shape index (κ1) is 18.4. The molecule has 0 bridgehead atoms. The molecule has 132 valence electrons. The zero-order chi connectivity index (χ0) is 18.2. The zero-order valence-electron chi connectivity index (χ0n) is 14.1. The van der Waals surface area contributed by atoms with Gasteiger partial charge in [-0.25, -0.2) is 4.39 Å². The maximum Gasteiger partial charge on any atom is 0.311 e. The summed E-state index contributed by atoms with van der Waals surface area (Å²) in [6.45, 7) is 1.75. The highest BCUT2D eigenvalue weighted by Gasteiger charge is 2.21. The van der Waals surface area contributed by atoms with E-state index in [4.69, 9.17) is 9.47 Å². The van der Waals surface area contributed by atoms with Crippen LogP contribution in [0.4, 0.5) is 10.1 Å². The number of amides is 1. The van der Waals surface area contributed by atoms with Gasteiger partial charge < -0.3 is 14.8 Å². The minimum atomic E-state index is -0.907. The summed E-state index contributed by atoms with van der Waals surface area (Å²) in [4.78, 5) is 24.3. The Morgan fingerprint density at radius 3 is 2.28 bits per heavy atom. The lowest BCUT2D eigenvalue weighted by atomic mass is 10.1. The number of nitrogens with one attached hydrogen (secondary N) is 1. The minimum absolute atomic E-state index is 0.0598. The van der Waals surface area contributed by atoms with E-state index in [2.05, 4.69) is 5.32 Å². The van der Waals surface area contributed by atoms with Crippen LogP contribution >= 0.6 is 0 Å².